The molecule has 2 fully saturated rings. The maximum absolute atomic E-state index is 13.4. The first-order valence-electron chi connectivity index (χ1n) is 12.7. The SMILES string of the molecule is O=C(CN1CCC(C(=O)c2ccc3c(c2)OCCO3)CC1)NCC1(c2ccc(F)cc2)CCCC1. The van der Waals surface area contributed by atoms with Gasteiger partial charge < -0.3 is 14.8 Å². The van der Waals surface area contributed by atoms with E-state index in [4.69, 9.17) is 9.47 Å². The molecule has 3 aliphatic rings. The quantitative estimate of drug-likeness (QED) is 0.604. The maximum Gasteiger partial charge on any atom is 0.234 e. The minimum Gasteiger partial charge on any atom is -0.486 e. The van der Waals surface area contributed by atoms with Crippen LogP contribution in [0.1, 0.15) is 54.4 Å². The summed E-state index contributed by atoms with van der Waals surface area (Å²) in [5.74, 6) is 1.19. The molecular weight excluding hydrogens is 447 g/mol. The number of ketones is 1. The summed E-state index contributed by atoms with van der Waals surface area (Å²) in [5, 5.41) is 3.15. The van der Waals surface area contributed by atoms with E-state index >= 15 is 0 Å². The Balaban J connectivity index is 1.11. The Morgan fingerprint density at radius 2 is 1.66 bits per heavy atom. The van der Waals surface area contributed by atoms with Crippen molar-refractivity contribution in [2.75, 3.05) is 39.4 Å². The van der Waals surface area contributed by atoms with Gasteiger partial charge in [-0.15, -0.1) is 0 Å². The molecule has 0 aromatic heterocycles. The Kier molecular flexibility index (Phi) is 7.04. The predicted molar refractivity (Wildman–Crippen MR) is 130 cm³/mol. The van der Waals surface area contributed by atoms with Crippen LogP contribution in [0.5, 0.6) is 11.5 Å². The standard InChI is InChI=1S/C28H33FN2O4/c29-23-6-4-22(5-7-23)28(11-1-2-12-28)19-30-26(32)18-31-13-9-20(10-14-31)27(33)21-3-8-24-25(17-21)35-16-15-34-24/h3-8,17,20H,1-2,9-16,18-19H2,(H,30,32). The summed E-state index contributed by atoms with van der Waals surface area (Å²) in [5.41, 5.74) is 1.66. The van der Waals surface area contributed by atoms with Gasteiger partial charge in [0.2, 0.25) is 5.91 Å². The van der Waals surface area contributed by atoms with Crippen LogP contribution < -0.4 is 14.8 Å². The van der Waals surface area contributed by atoms with Gasteiger partial charge in [-0.1, -0.05) is 25.0 Å². The number of hydrogen-bond acceptors (Lipinski definition) is 5. The van der Waals surface area contributed by atoms with Gasteiger partial charge in [0.15, 0.2) is 17.3 Å². The van der Waals surface area contributed by atoms with E-state index in [2.05, 4.69) is 10.2 Å². The molecule has 1 aliphatic carbocycles. The highest BCUT2D eigenvalue weighted by Gasteiger charge is 2.36. The second-order valence-electron chi connectivity index (χ2n) is 10.0. The number of rotatable bonds is 7. The summed E-state index contributed by atoms with van der Waals surface area (Å²) >= 11 is 0. The van der Waals surface area contributed by atoms with Gasteiger partial charge in [0, 0.05) is 23.4 Å². The molecule has 5 rings (SSSR count). The van der Waals surface area contributed by atoms with Crippen molar-refractivity contribution >= 4 is 11.7 Å². The monoisotopic (exact) mass is 480 g/mol. The zero-order valence-corrected chi connectivity index (χ0v) is 20.1. The summed E-state index contributed by atoms with van der Waals surface area (Å²) in [4.78, 5) is 27.9. The average Bonchev–Trinajstić information content (AvgIpc) is 3.38. The van der Waals surface area contributed by atoms with Crippen molar-refractivity contribution in [3.05, 3.63) is 59.4 Å². The highest BCUT2D eigenvalue weighted by atomic mass is 19.1. The van der Waals surface area contributed by atoms with Crippen LogP contribution in [0.2, 0.25) is 0 Å². The van der Waals surface area contributed by atoms with Crippen LogP contribution in [0.15, 0.2) is 42.5 Å². The zero-order chi connectivity index (χ0) is 24.3. The summed E-state index contributed by atoms with van der Waals surface area (Å²) in [7, 11) is 0. The first kappa shape index (κ1) is 23.8. The minimum atomic E-state index is -0.234. The van der Waals surface area contributed by atoms with E-state index in [0.717, 1.165) is 57.2 Å². The molecule has 2 aliphatic heterocycles. The van der Waals surface area contributed by atoms with Gasteiger partial charge >= 0.3 is 0 Å². The fraction of sp³-hybridized carbons (Fsp3) is 0.500. The lowest BCUT2D eigenvalue weighted by Gasteiger charge is -2.32. The molecule has 1 amide bonds. The maximum atomic E-state index is 13.4. The first-order valence-corrected chi connectivity index (χ1v) is 12.7. The van der Waals surface area contributed by atoms with Gasteiger partial charge in [0.1, 0.15) is 19.0 Å². The number of hydrogen-bond donors (Lipinski definition) is 1. The zero-order valence-electron chi connectivity index (χ0n) is 20.1. The number of amides is 1. The fourth-order valence-corrected chi connectivity index (χ4v) is 5.74. The summed E-state index contributed by atoms with van der Waals surface area (Å²) in [6.45, 7) is 3.38. The molecule has 0 unspecified atom stereocenters. The van der Waals surface area contributed by atoms with Crippen LogP contribution in [0.3, 0.4) is 0 Å². The van der Waals surface area contributed by atoms with Crippen LogP contribution in [0.4, 0.5) is 4.39 Å². The van der Waals surface area contributed by atoms with Crippen molar-refractivity contribution in [3.8, 4) is 11.5 Å². The van der Waals surface area contributed by atoms with Crippen LogP contribution >= 0.6 is 0 Å². The smallest absolute Gasteiger partial charge is 0.234 e. The molecule has 2 aromatic rings. The molecule has 0 atom stereocenters. The highest BCUT2D eigenvalue weighted by Crippen LogP contribution is 2.40. The Bertz CT molecular complexity index is 1060. The highest BCUT2D eigenvalue weighted by molar-refractivity contribution is 5.98. The van der Waals surface area contributed by atoms with Gasteiger partial charge in [-0.3, -0.25) is 14.5 Å². The number of carbonyl (C=O) groups excluding carboxylic acids is 2. The summed E-state index contributed by atoms with van der Waals surface area (Å²) in [6, 6.07) is 12.1. The van der Waals surface area contributed by atoms with E-state index in [1.165, 1.54) is 12.1 Å². The number of benzene rings is 2. The molecule has 2 heterocycles. The van der Waals surface area contributed by atoms with Crippen molar-refractivity contribution in [1.29, 1.82) is 0 Å². The van der Waals surface area contributed by atoms with Crippen molar-refractivity contribution in [2.45, 2.75) is 43.9 Å². The van der Waals surface area contributed by atoms with Gasteiger partial charge in [-0.25, -0.2) is 4.39 Å². The topological polar surface area (TPSA) is 67.9 Å². The number of nitrogens with one attached hydrogen (secondary N) is 1. The van der Waals surface area contributed by atoms with Crippen molar-refractivity contribution in [2.24, 2.45) is 5.92 Å². The third-order valence-electron chi connectivity index (χ3n) is 7.79. The lowest BCUT2D eigenvalue weighted by atomic mass is 9.79. The van der Waals surface area contributed by atoms with E-state index in [9.17, 15) is 14.0 Å². The first-order chi connectivity index (χ1) is 17.0. The fourth-order valence-electron chi connectivity index (χ4n) is 5.74. The number of likely N-dealkylation sites (tertiary alicyclic amines) is 1. The molecule has 35 heavy (non-hydrogen) atoms. The van der Waals surface area contributed by atoms with Crippen molar-refractivity contribution in [1.82, 2.24) is 10.2 Å². The minimum absolute atomic E-state index is 0.00926. The molecule has 1 N–H and O–H groups in total. The second kappa shape index (κ2) is 10.4. The molecule has 6 nitrogen and oxygen atoms in total. The van der Waals surface area contributed by atoms with Gasteiger partial charge in [0.25, 0.3) is 0 Å². The van der Waals surface area contributed by atoms with Crippen LogP contribution in [0.25, 0.3) is 0 Å². The molecule has 0 bridgehead atoms. The summed E-state index contributed by atoms with van der Waals surface area (Å²) in [6.07, 6.45) is 5.73. The van der Waals surface area contributed by atoms with E-state index in [1.807, 2.05) is 24.3 Å². The molecule has 2 aromatic carbocycles. The Morgan fingerprint density at radius 1 is 0.971 bits per heavy atom. The molecule has 1 saturated carbocycles. The number of halogens is 1. The van der Waals surface area contributed by atoms with E-state index in [-0.39, 0.29) is 28.8 Å². The van der Waals surface area contributed by atoms with Crippen LogP contribution in [-0.4, -0.2) is 56.0 Å². The molecule has 7 heteroatoms. The number of nitrogens with zero attached hydrogens (tertiary/aromatic N) is 1. The average molecular weight is 481 g/mol. The number of Topliss-reactive ketones (excluding diaryl/α,β-unsaturated/α-hetero) is 1. The third kappa shape index (κ3) is 5.35. The lowest BCUT2D eigenvalue weighted by molar-refractivity contribution is -0.122. The van der Waals surface area contributed by atoms with E-state index < -0.39 is 0 Å². The molecular formula is C28H33FN2O4. The number of ether oxygens (including phenoxy) is 2. The van der Waals surface area contributed by atoms with Crippen molar-refractivity contribution in [3.63, 3.8) is 0 Å². The Labute approximate surface area is 205 Å². The molecule has 186 valence electrons. The summed E-state index contributed by atoms with van der Waals surface area (Å²) < 4.78 is 24.6. The number of piperidine rings is 1. The van der Waals surface area contributed by atoms with E-state index in [1.54, 1.807) is 6.07 Å². The second-order valence-corrected chi connectivity index (χ2v) is 10.0. The normalized spacial score (nSPS) is 19.9. The molecule has 0 spiro atoms. The predicted octanol–water partition coefficient (Wildman–Crippen LogP) is 4.12. The van der Waals surface area contributed by atoms with Crippen LogP contribution in [0, 0.1) is 11.7 Å². The van der Waals surface area contributed by atoms with Crippen molar-refractivity contribution < 1.29 is 23.5 Å². The number of carbonyl (C=O) groups is 2. The lowest BCUT2D eigenvalue weighted by Crippen LogP contribution is -2.46. The largest absolute Gasteiger partial charge is 0.486 e. The van der Waals surface area contributed by atoms with E-state index in [0.29, 0.717) is 43.4 Å². The Hall–Kier alpha value is -2.93. The Morgan fingerprint density at radius 3 is 2.37 bits per heavy atom. The van der Waals surface area contributed by atoms with Crippen LogP contribution in [-0.2, 0) is 10.2 Å². The van der Waals surface area contributed by atoms with Gasteiger partial charge in [-0.2, -0.15) is 0 Å². The molecule has 1 saturated heterocycles. The number of fused-ring (bicyclic) bond motifs is 1. The van der Waals surface area contributed by atoms with Gasteiger partial charge in [0.05, 0.1) is 6.54 Å². The molecule has 0 radical (unpaired) electrons. The third-order valence-corrected chi connectivity index (χ3v) is 7.79. The van der Waals surface area contributed by atoms with Gasteiger partial charge in [-0.05, 0) is 74.7 Å².